The third-order valence-corrected chi connectivity index (χ3v) is 7.69. The van der Waals surface area contributed by atoms with Crippen LogP contribution in [0.25, 0.3) is 22.3 Å². The molecular weight excluding hydrogens is 481 g/mol. The zero-order chi connectivity index (χ0) is 24.8. The van der Waals surface area contributed by atoms with Crippen LogP contribution in [-0.4, -0.2) is 58.1 Å². The summed E-state index contributed by atoms with van der Waals surface area (Å²) in [6, 6.07) is 10.9. The van der Waals surface area contributed by atoms with Gasteiger partial charge in [0.15, 0.2) is 5.82 Å². The van der Waals surface area contributed by atoms with Crippen molar-refractivity contribution >= 4 is 28.5 Å². The minimum atomic E-state index is -0.392. The highest BCUT2D eigenvalue weighted by atomic mass is 35.5. The molecule has 3 aromatic heterocycles. The van der Waals surface area contributed by atoms with Crippen LogP contribution in [0.5, 0.6) is 0 Å². The van der Waals surface area contributed by atoms with Gasteiger partial charge in [0, 0.05) is 55.4 Å². The van der Waals surface area contributed by atoms with E-state index in [1.165, 1.54) is 12.4 Å². The normalized spacial score (nSPS) is 21.7. The molecule has 1 aromatic carbocycles. The van der Waals surface area contributed by atoms with Gasteiger partial charge in [-0.3, -0.25) is 14.7 Å². The molecule has 0 spiro atoms. The van der Waals surface area contributed by atoms with Crippen LogP contribution in [0, 0.1) is 5.82 Å². The van der Waals surface area contributed by atoms with E-state index in [1.807, 2.05) is 12.1 Å². The lowest BCUT2D eigenvalue weighted by molar-refractivity contribution is 0.0860. The molecular formula is C27H25ClFN5O2. The molecule has 9 heteroatoms. The van der Waals surface area contributed by atoms with Crippen molar-refractivity contribution in [2.75, 3.05) is 20.2 Å². The standard InChI is InChI=1S/C27H25ClFN5O2/c1-36-17-8-10-34(14-17)22-11-15-3-2-4-19(28)23(15)25(22)33-27(35)16-5-6-21(31-12-16)18-7-9-30-26-24(18)20(29)13-32-26/h2-7,9,12-13,17,22,25H,8,10-11,14H2,1H3,(H,30,32)(H,33,35)/t17-,22-,25+/m1/s1. The number of benzene rings is 1. The number of likely N-dealkylation sites (tertiary alicyclic amines) is 1. The number of methoxy groups -OCH3 is 1. The third kappa shape index (κ3) is 3.95. The van der Waals surface area contributed by atoms with E-state index in [0.717, 1.165) is 37.1 Å². The molecule has 0 bridgehead atoms. The first-order valence-electron chi connectivity index (χ1n) is 12.0. The molecule has 36 heavy (non-hydrogen) atoms. The zero-order valence-electron chi connectivity index (χ0n) is 19.7. The Kier molecular flexibility index (Phi) is 5.95. The molecule has 2 N–H and O–H groups in total. The largest absolute Gasteiger partial charge is 0.380 e. The van der Waals surface area contributed by atoms with Crippen molar-refractivity contribution in [3.8, 4) is 11.3 Å². The quantitative estimate of drug-likeness (QED) is 0.416. The lowest BCUT2D eigenvalue weighted by atomic mass is 10.0. The predicted molar refractivity (Wildman–Crippen MR) is 135 cm³/mol. The van der Waals surface area contributed by atoms with E-state index in [-0.39, 0.29) is 24.1 Å². The third-order valence-electron chi connectivity index (χ3n) is 7.36. The van der Waals surface area contributed by atoms with E-state index in [0.29, 0.717) is 32.9 Å². The second-order valence-electron chi connectivity index (χ2n) is 9.33. The number of H-pyrrole nitrogens is 1. The van der Waals surface area contributed by atoms with Gasteiger partial charge in [-0.25, -0.2) is 9.37 Å². The molecule has 1 fully saturated rings. The van der Waals surface area contributed by atoms with Crippen molar-refractivity contribution < 1.29 is 13.9 Å². The smallest absolute Gasteiger partial charge is 0.253 e. The van der Waals surface area contributed by atoms with E-state index in [9.17, 15) is 9.18 Å². The number of rotatable bonds is 5. The molecule has 4 heterocycles. The van der Waals surface area contributed by atoms with Crippen molar-refractivity contribution in [2.24, 2.45) is 0 Å². The van der Waals surface area contributed by atoms with E-state index < -0.39 is 5.82 Å². The summed E-state index contributed by atoms with van der Waals surface area (Å²) in [5, 5.41) is 4.26. The van der Waals surface area contributed by atoms with Crippen LogP contribution < -0.4 is 5.32 Å². The number of ether oxygens (including phenoxy) is 1. The summed E-state index contributed by atoms with van der Waals surface area (Å²) in [5.41, 5.74) is 4.19. The van der Waals surface area contributed by atoms with E-state index >= 15 is 0 Å². The Hall–Kier alpha value is -3.33. The Labute approximate surface area is 212 Å². The summed E-state index contributed by atoms with van der Waals surface area (Å²) < 4.78 is 19.9. The van der Waals surface area contributed by atoms with Gasteiger partial charge < -0.3 is 15.0 Å². The van der Waals surface area contributed by atoms with E-state index in [1.54, 1.807) is 31.5 Å². The van der Waals surface area contributed by atoms with Crippen molar-refractivity contribution in [1.82, 2.24) is 25.2 Å². The molecule has 6 rings (SSSR count). The van der Waals surface area contributed by atoms with Gasteiger partial charge >= 0.3 is 0 Å². The minimum Gasteiger partial charge on any atom is -0.380 e. The monoisotopic (exact) mass is 505 g/mol. The Morgan fingerprint density at radius 1 is 1.25 bits per heavy atom. The van der Waals surface area contributed by atoms with Gasteiger partial charge in [-0.1, -0.05) is 23.7 Å². The zero-order valence-corrected chi connectivity index (χ0v) is 20.4. The number of nitrogens with zero attached hydrogens (tertiary/aromatic N) is 3. The van der Waals surface area contributed by atoms with Gasteiger partial charge in [-0.15, -0.1) is 0 Å². The average Bonchev–Trinajstić information content (AvgIpc) is 3.62. The molecule has 1 saturated heterocycles. The maximum Gasteiger partial charge on any atom is 0.253 e. The van der Waals surface area contributed by atoms with Crippen molar-refractivity contribution in [1.29, 1.82) is 0 Å². The summed E-state index contributed by atoms with van der Waals surface area (Å²) in [5.74, 6) is -0.621. The minimum absolute atomic E-state index is 0.0953. The predicted octanol–water partition coefficient (Wildman–Crippen LogP) is 4.53. The van der Waals surface area contributed by atoms with Crippen LogP contribution in [-0.2, 0) is 11.2 Å². The first kappa shape index (κ1) is 23.1. The average molecular weight is 506 g/mol. The molecule has 0 radical (unpaired) electrons. The highest BCUT2D eigenvalue weighted by molar-refractivity contribution is 6.31. The number of pyridine rings is 2. The van der Waals surface area contributed by atoms with Crippen LogP contribution in [0.1, 0.15) is 33.9 Å². The number of nitrogens with one attached hydrogen (secondary N) is 2. The van der Waals surface area contributed by atoms with Crippen molar-refractivity contribution in [3.63, 3.8) is 0 Å². The Morgan fingerprint density at radius 3 is 2.92 bits per heavy atom. The fourth-order valence-corrected chi connectivity index (χ4v) is 5.85. The number of carbonyl (C=O) groups is 1. The van der Waals surface area contributed by atoms with Gasteiger partial charge in [0.2, 0.25) is 0 Å². The van der Waals surface area contributed by atoms with Gasteiger partial charge in [-0.2, -0.15) is 0 Å². The molecule has 0 saturated carbocycles. The van der Waals surface area contributed by atoms with Crippen LogP contribution in [0.4, 0.5) is 4.39 Å². The number of fused-ring (bicyclic) bond motifs is 2. The fraction of sp³-hybridized carbons (Fsp3) is 0.296. The summed E-state index contributed by atoms with van der Waals surface area (Å²) in [6.07, 6.45) is 6.38. The van der Waals surface area contributed by atoms with Crippen LogP contribution in [0.2, 0.25) is 5.02 Å². The second kappa shape index (κ2) is 9.28. The number of aromatic nitrogens is 3. The number of hydrogen-bond acceptors (Lipinski definition) is 5. The molecule has 1 aliphatic carbocycles. The van der Waals surface area contributed by atoms with Gasteiger partial charge in [0.25, 0.3) is 5.91 Å². The van der Waals surface area contributed by atoms with Crippen LogP contribution in [0.3, 0.4) is 0 Å². The highest BCUT2D eigenvalue weighted by Crippen LogP contribution is 2.40. The Morgan fingerprint density at radius 2 is 2.14 bits per heavy atom. The molecule has 0 unspecified atom stereocenters. The van der Waals surface area contributed by atoms with Gasteiger partial charge in [-0.05, 0) is 48.2 Å². The summed E-state index contributed by atoms with van der Waals surface area (Å²) in [7, 11) is 1.74. The number of carbonyl (C=O) groups excluding carboxylic acids is 1. The summed E-state index contributed by atoms with van der Waals surface area (Å²) >= 11 is 6.62. The number of halogens is 2. The molecule has 2 aliphatic rings. The van der Waals surface area contributed by atoms with Crippen LogP contribution >= 0.6 is 11.6 Å². The molecule has 3 atom stereocenters. The molecule has 1 amide bonds. The van der Waals surface area contributed by atoms with Crippen molar-refractivity contribution in [2.45, 2.75) is 31.0 Å². The number of amides is 1. The van der Waals surface area contributed by atoms with Gasteiger partial charge in [0.1, 0.15) is 5.65 Å². The first-order valence-corrected chi connectivity index (χ1v) is 12.3. The second-order valence-corrected chi connectivity index (χ2v) is 9.73. The Balaban J connectivity index is 1.27. The highest BCUT2D eigenvalue weighted by Gasteiger charge is 2.41. The maximum atomic E-state index is 14.3. The molecule has 184 valence electrons. The molecule has 1 aliphatic heterocycles. The fourth-order valence-electron chi connectivity index (χ4n) is 5.54. The maximum absolute atomic E-state index is 14.3. The summed E-state index contributed by atoms with van der Waals surface area (Å²) in [6.45, 7) is 1.74. The first-order chi connectivity index (χ1) is 17.5. The van der Waals surface area contributed by atoms with Crippen LogP contribution in [0.15, 0.2) is 55.0 Å². The summed E-state index contributed by atoms with van der Waals surface area (Å²) in [4.78, 5) is 27.2. The molecule has 4 aromatic rings. The van der Waals surface area contributed by atoms with Crippen molar-refractivity contribution in [3.05, 3.63) is 82.5 Å². The topological polar surface area (TPSA) is 83.1 Å². The molecule has 7 nitrogen and oxygen atoms in total. The Bertz CT molecular complexity index is 1440. The lowest BCUT2D eigenvalue weighted by Gasteiger charge is -2.30. The van der Waals surface area contributed by atoms with Gasteiger partial charge in [0.05, 0.1) is 28.8 Å². The van der Waals surface area contributed by atoms with E-state index in [2.05, 4.69) is 31.2 Å². The number of aromatic amines is 1. The van der Waals surface area contributed by atoms with E-state index in [4.69, 9.17) is 16.3 Å². The SMILES string of the molecule is CO[C@@H]1CCN([C@@H]2Cc3cccc(Cl)c3[C@H]2NC(=O)c2ccc(-c3ccnc4[nH]cc(F)c34)nc2)C1. The number of hydrogen-bond donors (Lipinski definition) is 2. The lowest BCUT2D eigenvalue weighted by Crippen LogP contribution is -2.44.